The zero-order valence-electron chi connectivity index (χ0n) is 23.0. The van der Waals surface area contributed by atoms with Crippen LogP contribution in [0.3, 0.4) is 0 Å². The summed E-state index contributed by atoms with van der Waals surface area (Å²) in [5, 5.41) is 0.827. The van der Waals surface area contributed by atoms with Crippen LogP contribution in [0.4, 0.5) is 0 Å². The van der Waals surface area contributed by atoms with Gasteiger partial charge in [-0.3, -0.25) is 9.69 Å². The van der Waals surface area contributed by atoms with E-state index in [1.54, 1.807) is 36.4 Å². The van der Waals surface area contributed by atoms with Crippen molar-refractivity contribution in [1.29, 1.82) is 0 Å². The van der Waals surface area contributed by atoms with Crippen LogP contribution in [-0.2, 0) is 14.3 Å². The second-order valence-electron chi connectivity index (χ2n) is 10.1. The Morgan fingerprint density at radius 1 is 0.864 bits per heavy atom. The number of halogens is 3. The van der Waals surface area contributed by atoms with Crippen LogP contribution in [0.5, 0.6) is 17.2 Å². The van der Waals surface area contributed by atoms with Crippen LogP contribution in [0.1, 0.15) is 17.2 Å². The van der Waals surface area contributed by atoms with Crippen LogP contribution in [0, 0.1) is 0 Å². The van der Waals surface area contributed by atoms with Crippen molar-refractivity contribution in [2.24, 2.45) is 5.73 Å². The van der Waals surface area contributed by atoms with Gasteiger partial charge in [-0.2, -0.15) is 0 Å². The Bertz CT molecular complexity index is 1700. The molecule has 0 aromatic heterocycles. The first kappa shape index (κ1) is 30.4. The zero-order valence-corrected chi connectivity index (χ0v) is 26.1. The SMILES string of the molecule is NC1C(=O)N2C(C(=O)OC(c3ccccc3)c3ccccc3)=C(COc3cc(Cl)ccc3Oc3ccc(Cl)cc3Cl)CS[C@H]12. The summed E-state index contributed by atoms with van der Waals surface area (Å²) in [4.78, 5) is 28.4. The van der Waals surface area contributed by atoms with Crippen LogP contribution in [0.25, 0.3) is 0 Å². The molecule has 0 aliphatic carbocycles. The number of thioether (sulfide) groups is 1. The number of esters is 1. The molecule has 2 atom stereocenters. The molecule has 1 fully saturated rings. The number of ether oxygens (including phenoxy) is 3. The van der Waals surface area contributed by atoms with Gasteiger partial charge < -0.3 is 19.9 Å². The summed E-state index contributed by atoms with van der Waals surface area (Å²) >= 11 is 20.1. The third-order valence-electron chi connectivity index (χ3n) is 7.13. The first-order valence-corrected chi connectivity index (χ1v) is 15.8. The van der Waals surface area contributed by atoms with Crippen LogP contribution in [0.2, 0.25) is 15.1 Å². The normalized spacial score (nSPS) is 17.7. The summed E-state index contributed by atoms with van der Waals surface area (Å²) in [5.74, 6) is 0.423. The second kappa shape index (κ2) is 13.1. The minimum absolute atomic E-state index is 0.0461. The van der Waals surface area contributed by atoms with Crippen LogP contribution in [0.15, 0.2) is 108 Å². The van der Waals surface area contributed by atoms with E-state index < -0.39 is 18.1 Å². The Balaban J connectivity index is 1.31. The summed E-state index contributed by atoms with van der Waals surface area (Å²) < 4.78 is 18.4. The molecule has 0 spiro atoms. The highest BCUT2D eigenvalue weighted by Gasteiger charge is 2.52. The monoisotopic (exact) mass is 666 g/mol. The van der Waals surface area contributed by atoms with E-state index in [9.17, 15) is 9.59 Å². The quantitative estimate of drug-likeness (QED) is 0.145. The van der Waals surface area contributed by atoms with Gasteiger partial charge in [0.05, 0.1) is 5.02 Å². The number of hydrogen-bond donors (Lipinski definition) is 1. The highest BCUT2D eigenvalue weighted by atomic mass is 35.5. The van der Waals surface area contributed by atoms with Gasteiger partial charge in [0.2, 0.25) is 5.91 Å². The lowest BCUT2D eigenvalue weighted by Crippen LogP contribution is -2.68. The van der Waals surface area contributed by atoms with Gasteiger partial charge in [-0.1, -0.05) is 95.5 Å². The van der Waals surface area contributed by atoms with Crippen molar-refractivity contribution in [2.45, 2.75) is 17.5 Å². The number of rotatable bonds is 9. The molecule has 2 aliphatic rings. The van der Waals surface area contributed by atoms with E-state index in [0.29, 0.717) is 43.6 Å². The Morgan fingerprint density at radius 2 is 1.48 bits per heavy atom. The number of benzene rings is 4. The minimum atomic E-state index is -0.707. The van der Waals surface area contributed by atoms with Crippen molar-refractivity contribution < 1.29 is 23.8 Å². The lowest BCUT2D eigenvalue weighted by molar-refractivity contribution is -0.153. The second-order valence-corrected chi connectivity index (χ2v) is 12.4. The number of amides is 1. The smallest absolute Gasteiger partial charge is 0.356 e. The molecule has 7 nitrogen and oxygen atoms in total. The molecule has 224 valence electrons. The minimum Gasteiger partial charge on any atom is -0.485 e. The average Bonchev–Trinajstić information content (AvgIpc) is 3.04. The van der Waals surface area contributed by atoms with Crippen molar-refractivity contribution in [2.75, 3.05) is 12.4 Å². The van der Waals surface area contributed by atoms with E-state index in [1.807, 2.05) is 60.7 Å². The molecular formula is C33H25Cl3N2O5S. The third kappa shape index (κ3) is 6.27. The molecule has 1 unspecified atom stereocenters. The standard InChI is InChI=1S/C33H25Cl3N2O5S/c34-22-11-13-25(24(36)15-22)42-26-14-12-23(35)16-27(26)41-17-21-18-44-32-28(37)31(39)38(32)29(21)33(40)43-30(19-7-3-1-4-8-19)20-9-5-2-6-10-20/h1-16,28,30,32H,17-18,37H2/t28?,32-/m1/s1. The maximum Gasteiger partial charge on any atom is 0.356 e. The lowest BCUT2D eigenvalue weighted by atomic mass is 10.0. The lowest BCUT2D eigenvalue weighted by Gasteiger charge is -2.48. The Morgan fingerprint density at radius 3 is 2.11 bits per heavy atom. The van der Waals surface area contributed by atoms with Crippen molar-refractivity contribution in [3.05, 3.63) is 135 Å². The van der Waals surface area contributed by atoms with Crippen molar-refractivity contribution >= 4 is 58.4 Å². The molecule has 0 bridgehead atoms. The van der Waals surface area contributed by atoms with E-state index in [4.69, 9.17) is 54.7 Å². The largest absolute Gasteiger partial charge is 0.485 e. The van der Waals surface area contributed by atoms with Crippen molar-refractivity contribution in [3.8, 4) is 17.2 Å². The zero-order chi connectivity index (χ0) is 30.8. The van der Waals surface area contributed by atoms with E-state index in [1.165, 1.54) is 16.7 Å². The van der Waals surface area contributed by atoms with Crippen molar-refractivity contribution in [1.82, 2.24) is 4.90 Å². The van der Waals surface area contributed by atoms with Crippen LogP contribution >= 0.6 is 46.6 Å². The predicted octanol–water partition coefficient (Wildman–Crippen LogP) is 7.65. The number of hydrogen-bond acceptors (Lipinski definition) is 7. The van der Waals surface area contributed by atoms with Gasteiger partial charge in [-0.15, -0.1) is 11.8 Å². The fourth-order valence-corrected chi connectivity index (χ4v) is 6.83. The molecule has 11 heteroatoms. The van der Waals surface area contributed by atoms with Gasteiger partial charge in [0, 0.05) is 27.4 Å². The summed E-state index contributed by atoms with van der Waals surface area (Å²) in [5.41, 5.74) is 8.37. The first-order chi connectivity index (χ1) is 21.3. The van der Waals surface area contributed by atoms with E-state index in [2.05, 4.69) is 0 Å². The molecule has 0 radical (unpaired) electrons. The van der Waals surface area contributed by atoms with E-state index in [0.717, 1.165) is 11.1 Å². The summed E-state index contributed by atoms with van der Waals surface area (Å²) in [6.45, 7) is -0.0461. The number of nitrogens with two attached hydrogens (primary N) is 1. The molecule has 0 saturated carbocycles. The number of nitrogens with zero attached hydrogens (tertiary/aromatic N) is 1. The highest BCUT2D eigenvalue weighted by molar-refractivity contribution is 8.00. The summed E-state index contributed by atoms with van der Waals surface area (Å²) in [7, 11) is 0. The third-order valence-corrected chi connectivity index (χ3v) is 9.26. The van der Waals surface area contributed by atoms with Crippen LogP contribution < -0.4 is 15.2 Å². The predicted molar refractivity (Wildman–Crippen MR) is 172 cm³/mol. The van der Waals surface area contributed by atoms with E-state index >= 15 is 0 Å². The first-order valence-electron chi connectivity index (χ1n) is 13.6. The number of fused-ring (bicyclic) bond motifs is 1. The molecule has 1 saturated heterocycles. The average molecular weight is 668 g/mol. The molecule has 6 rings (SSSR count). The summed E-state index contributed by atoms with van der Waals surface area (Å²) in [6.07, 6.45) is -0.699. The van der Waals surface area contributed by atoms with Gasteiger partial charge in [0.25, 0.3) is 0 Å². The van der Waals surface area contributed by atoms with Gasteiger partial charge >= 0.3 is 5.97 Å². The molecule has 2 heterocycles. The van der Waals surface area contributed by atoms with Gasteiger partial charge in [0.1, 0.15) is 29.5 Å². The maximum atomic E-state index is 14.0. The number of carbonyl (C=O) groups excluding carboxylic acids is 2. The fourth-order valence-electron chi connectivity index (χ4n) is 4.95. The number of β-lactam (4-membered cyclic amide) rings is 1. The van der Waals surface area contributed by atoms with Gasteiger partial charge in [0.15, 0.2) is 17.6 Å². The number of carbonyl (C=O) groups is 2. The molecule has 4 aromatic carbocycles. The molecule has 2 N–H and O–H groups in total. The topological polar surface area (TPSA) is 91.1 Å². The van der Waals surface area contributed by atoms with Crippen molar-refractivity contribution in [3.63, 3.8) is 0 Å². The molecule has 4 aromatic rings. The Labute approximate surface area is 273 Å². The maximum absolute atomic E-state index is 14.0. The van der Waals surface area contributed by atoms with E-state index in [-0.39, 0.29) is 23.6 Å². The van der Waals surface area contributed by atoms with Gasteiger partial charge in [-0.05, 0) is 41.5 Å². The highest BCUT2D eigenvalue weighted by Crippen LogP contribution is 2.42. The van der Waals surface area contributed by atoms with Crippen LogP contribution in [-0.4, -0.2) is 40.6 Å². The molecular weight excluding hydrogens is 643 g/mol. The molecule has 44 heavy (non-hydrogen) atoms. The summed E-state index contributed by atoms with van der Waals surface area (Å²) in [6, 6.07) is 27.9. The molecule has 2 aliphatic heterocycles. The fraction of sp³-hybridized carbons (Fsp3) is 0.152. The van der Waals surface area contributed by atoms with Gasteiger partial charge in [-0.25, -0.2) is 4.79 Å². The Kier molecular flexibility index (Phi) is 9.07. The molecule has 1 amide bonds. The Hall–Kier alpha value is -3.66.